The molecule has 0 saturated carbocycles. The second-order valence-electron chi connectivity index (χ2n) is 6.55. The standard InChI is InChI=1S/C16H30N2O2/c1-12(2)17-9-15-13(3)8-14(20-15)10-19-11-16(4,5)18(6)7/h8,12,17H,9-11H2,1-7H3. The Morgan fingerprint density at radius 1 is 1.35 bits per heavy atom. The van der Waals surface area contributed by atoms with Crippen molar-refractivity contribution in [3.63, 3.8) is 0 Å². The topological polar surface area (TPSA) is 37.6 Å². The van der Waals surface area contributed by atoms with Crippen LogP contribution in [-0.4, -0.2) is 37.2 Å². The van der Waals surface area contributed by atoms with Crippen LogP contribution in [0.3, 0.4) is 0 Å². The number of rotatable bonds is 8. The van der Waals surface area contributed by atoms with Gasteiger partial charge in [0.25, 0.3) is 0 Å². The number of nitrogens with one attached hydrogen (secondary N) is 1. The number of hydrogen-bond donors (Lipinski definition) is 1. The van der Waals surface area contributed by atoms with Gasteiger partial charge in [-0.1, -0.05) is 13.8 Å². The molecule has 20 heavy (non-hydrogen) atoms. The molecule has 1 heterocycles. The van der Waals surface area contributed by atoms with Gasteiger partial charge in [-0.15, -0.1) is 0 Å². The van der Waals surface area contributed by atoms with E-state index in [1.807, 2.05) is 0 Å². The first-order valence-electron chi connectivity index (χ1n) is 7.29. The normalized spacial score (nSPS) is 12.7. The Morgan fingerprint density at radius 3 is 2.55 bits per heavy atom. The van der Waals surface area contributed by atoms with E-state index in [0.717, 1.165) is 18.1 Å². The van der Waals surface area contributed by atoms with Gasteiger partial charge < -0.3 is 19.4 Å². The number of hydrogen-bond acceptors (Lipinski definition) is 4. The fourth-order valence-corrected chi connectivity index (χ4v) is 1.66. The summed E-state index contributed by atoms with van der Waals surface area (Å²) in [6.45, 7) is 12.6. The van der Waals surface area contributed by atoms with Crippen molar-refractivity contribution in [3.8, 4) is 0 Å². The van der Waals surface area contributed by atoms with E-state index < -0.39 is 0 Å². The van der Waals surface area contributed by atoms with Crippen molar-refractivity contribution in [1.29, 1.82) is 0 Å². The van der Waals surface area contributed by atoms with E-state index in [1.54, 1.807) is 0 Å². The first kappa shape index (κ1) is 17.2. The quantitative estimate of drug-likeness (QED) is 0.795. The second kappa shape index (κ2) is 7.25. The molecule has 4 heteroatoms. The van der Waals surface area contributed by atoms with Gasteiger partial charge in [-0.25, -0.2) is 0 Å². The maximum absolute atomic E-state index is 5.84. The van der Waals surface area contributed by atoms with Crippen molar-refractivity contribution in [2.45, 2.75) is 59.4 Å². The molecule has 1 rings (SSSR count). The van der Waals surface area contributed by atoms with Crippen molar-refractivity contribution in [2.75, 3.05) is 20.7 Å². The van der Waals surface area contributed by atoms with Crippen molar-refractivity contribution in [3.05, 3.63) is 23.2 Å². The third-order valence-electron chi connectivity index (χ3n) is 3.65. The van der Waals surface area contributed by atoms with Gasteiger partial charge >= 0.3 is 0 Å². The van der Waals surface area contributed by atoms with E-state index in [1.165, 1.54) is 5.56 Å². The number of ether oxygens (including phenoxy) is 1. The van der Waals surface area contributed by atoms with Crippen LogP contribution in [0.2, 0.25) is 0 Å². The summed E-state index contributed by atoms with van der Waals surface area (Å²) in [4.78, 5) is 2.17. The van der Waals surface area contributed by atoms with Gasteiger partial charge in [0.2, 0.25) is 0 Å². The summed E-state index contributed by atoms with van der Waals surface area (Å²) in [5.41, 5.74) is 1.22. The summed E-state index contributed by atoms with van der Waals surface area (Å²) >= 11 is 0. The van der Waals surface area contributed by atoms with Crippen molar-refractivity contribution >= 4 is 0 Å². The Morgan fingerprint density at radius 2 is 2.00 bits per heavy atom. The van der Waals surface area contributed by atoms with Crippen LogP contribution >= 0.6 is 0 Å². The molecule has 0 radical (unpaired) electrons. The molecule has 0 bridgehead atoms. The summed E-state index contributed by atoms with van der Waals surface area (Å²) in [6, 6.07) is 2.53. The summed E-state index contributed by atoms with van der Waals surface area (Å²) in [5.74, 6) is 1.90. The summed E-state index contributed by atoms with van der Waals surface area (Å²) in [6.07, 6.45) is 0. The average Bonchev–Trinajstić information content (AvgIpc) is 2.66. The van der Waals surface area contributed by atoms with E-state index in [0.29, 0.717) is 19.3 Å². The first-order chi connectivity index (χ1) is 9.22. The predicted octanol–water partition coefficient (Wildman–Crippen LogP) is 2.94. The molecule has 116 valence electrons. The zero-order valence-corrected chi connectivity index (χ0v) is 14.0. The Kier molecular flexibility index (Phi) is 6.24. The monoisotopic (exact) mass is 282 g/mol. The minimum Gasteiger partial charge on any atom is -0.462 e. The van der Waals surface area contributed by atoms with E-state index in [2.05, 4.69) is 65.0 Å². The van der Waals surface area contributed by atoms with Gasteiger partial charge in [0, 0.05) is 11.6 Å². The van der Waals surface area contributed by atoms with Gasteiger partial charge in [-0.05, 0) is 46.5 Å². The highest BCUT2D eigenvalue weighted by molar-refractivity contribution is 5.19. The zero-order valence-electron chi connectivity index (χ0n) is 14.0. The Balaban J connectivity index is 2.47. The van der Waals surface area contributed by atoms with Crippen molar-refractivity contribution in [2.24, 2.45) is 0 Å². The Bertz CT molecular complexity index is 409. The number of nitrogens with zero attached hydrogens (tertiary/aromatic N) is 1. The molecule has 4 nitrogen and oxygen atoms in total. The molecule has 0 saturated heterocycles. The molecule has 0 unspecified atom stereocenters. The van der Waals surface area contributed by atoms with E-state index >= 15 is 0 Å². The smallest absolute Gasteiger partial charge is 0.130 e. The van der Waals surface area contributed by atoms with Crippen molar-refractivity contribution in [1.82, 2.24) is 10.2 Å². The minimum atomic E-state index is 0.0314. The fourth-order valence-electron chi connectivity index (χ4n) is 1.66. The van der Waals surface area contributed by atoms with Crippen LogP contribution in [0.1, 0.15) is 44.8 Å². The Labute approximate surface area is 123 Å². The maximum atomic E-state index is 5.84. The van der Waals surface area contributed by atoms with E-state index in [9.17, 15) is 0 Å². The third-order valence-corrected chi connectivity index (χ3v) is 3.65. The van der Waals surface area contributed by atoms with Gasteiger partial charge in [0.1, 0.15) is 18.1 Å². The van der Waals surface area contributed by atoms with Gasteiger partial charge in [-0.3, -0.25) is 0 Å². The number of aryl methyl sites for hydroxylation is 1. The van der Waals surface area contributed by atoms with Crippen LogP contribution < -0.4 is 5.32 Å². The lowest BCUT2D eigenvalue weighted by molar-refractivity contribution is 0.0206. The molecule has 0 aliphatic carbocycles. The number of likely N-dealkylation sites (N-methyl/N-ethyl adjacent to an activating group) is 1. The van der Waals surface area contributed by atoms with Crippen LogP contribution in [0.4, 0.5) is 0 Å². The predicted molar refractivity (Wildman–Crippen MR) is 82.8 cm³/mol. The lowest BCUT2D eigenvalue weighted by Crippen LogP contribution is -2.42. The highest BCUT2D eigenvalue weighted by atomic mass is 16.5. The van der Waals surface area contributed by atoms with E-state index in [-0.39, 0.29) is 5.54 Å². The summed E-state index contributed by atoms with van der Waals surface area (Å²) in [5, 5.41) is 3.37. The van der Waals surface area contributed by atoms with Crippen LogP contribution in [0.25, 0.3) is 0 Å². The molecular formula is C16H30N2O2. The molecule has 0 spiro atoms. The summed E-state index contributed by atoms with van der Waals surface area (Å²) in [7, 11) is 4.13. The molecule has 0 aliphatic heterocycles. The lowest BCUT2D eigenvalue weighted by Gasteiger charge is -2.31. The van der Waals surface area contributed by atoms with E-state index in [4.69, 9.17) is 9.15 Å². The van der Waals surface area contributed by atoms with Crippen LogP contribution in [-0.2, 0) is 17.9 Å². The van der Waals surface area contributed by atoms with Gasteiger partial charge in [0.05, 0.1) is 13.2 Å². The molecule has 1 aromatic rings. The molecule has 0 atom stereocenters. The van der Waals surface area contributed by atoms with Gasteiger partial charge in [-0.2, -0.15) is 0 Å². The van der Waals surface area contributed by atoms with Gasteiger partial charge in [0.15, 0.2) is 0 Å². The minimum absolute atomic E-state index is 0.0314. The van der Waals surface area contributed by atoms with Crippen LogP contribution in [0.15, 0.2) is 10.5 Å². The van der Waals surface area contributed by atoms with Crippen LogP contribution in [0, 0.1) is 6.92 Å². The average molecular weight is 282 g/mol. The second-order valence-corrected chi connectivity index (χ2v) is 6.55. The van der Waals surface area contributed by atoms with Crippen LogP contribution in [0.5, 0.6) is 0 Å². The third kappa shape index (κ3) is 5.27. The largest absolute Gasteiger partial charge is 0.462 e. The molecule has 0 fully saturated rings. The zero-order chi connectivity index (χ0) is 15.3. The molecule has 0 aromatic carbocycles. The molecule has 1 aromatic heterocycles. The number of furan rings is 1. The molecule has 0 amide bonds. The SMILES string of the molecule is Cc1cc(COCC(C)(C)N(C)C)oc1CNC(C)C. The molecular weight excluding hydrogens is 252 g/mol. The fraction of sp³-hybridized carbons (Fsp3) is 0.750. The van der Waals surface area contributed by atoms with Crippen molar-refractivity contribution < 1.29 is 9.15 Å². The lowest BCUT2D eigenvalue weighted by atomic mass is 10.1. The molecule has 0 aliphatic rings. The maximum Gasteiger partial charge on any atom is 0.130 e. The summed E-state index contributed by atoms with van der Waals surface area (Å²) < 4.78 is 11.6. The highest BCUT2D eigenvalue weighted by Gasteiger charge is 2.20. The first-order valence-corrected chi connectivity index (χ1v) is 7.29. The molecule has 1 N–H and O–H groups in total. The Hall–Kier alpha value is -0.840. The highest BCUT2D eigenvalue weighted by Crippen LogP contribution is 2.17.